The summed E-state index contributed by atoms with van der Waals surface area (Å²) in [6.07, 6.45) is 3.58. The number of anilines is 1. The van der Waals surface area contributed by atoms with Gasteiger partial charge in [-0.2, -0.15) is 0 Å². The minimum Gasteiger partial charge on any atom is -0.343 e. The summed E-state index contributed by atoms with van der Waals surface area (Å²) >= 11 is 0. The second kappa shape index (κ2) is 8.97. The van der Waals surface area contributed by atoms with Crippen molar-refractivity contribution in [3.8, 4) is 0 Å². The highest BCUT2D eigenvalue weighted by Gasteiger charge is 2.37. The normalized spacial score (nSPS) is 20.2. The third-order valence-corrected chi connectivity index (χ3v) is 6.46. The molecule has 154 valence electrons. The summed E-state index contributed by atoms with van der Waals surface area (Å²) in [6.45, 7) is 11.3. The lowest BCUT2D eigenvalue weighted by Gasteiger charge is -2.43. The molecule has 1 saturated heterocycles. The number of likely N-dealkylation sites (tertiary alicyclic amines) is 1. The van der Waals surface area contributed by atoms with E-state index in [1.807, 2.05) is 34.6 Å². The van der Waals surface area contributed by atoms with Gasteiger partial charge in [-0.15, -0.1) is 0 Å². The van der Waals surface area contributed by atoms with Crippen LogP contribution in [0, 0.1) is 11.8 Å². The van der Waals surface area contributed by atoms with Gasteiger partial charge in [-0.3, -0.25) is 9.69 Å². The summed E-state index contributed by atoms with van der Waals surface area (Å²) in [7, 11) is 0. The number of urea groups is 1. The largest absolute Gasteiger partial charge is 0.343 e. The van der Waals surface area contributed by atoms with Crippen molar-refractivity contribution >= 4 is 17.6 Å². The van der Waals surface area contributed by atoms with E-state index in [-0.39, 0.29) is 23.9 Å². The summed E-state index contributed by atoms with van der Waals surface area (Å²) in [5.74, 6) is 0.720. The first kappa shape index (κ1) is 20.7. The Bertz CT molecular complexity index is 691. The molecule has 2 aliphatic heterocycles. The summed E-state index contributed by atoms with van der Waals surface area (Å²) < 4.78 is 0. The quantitative estimate of drug-likeness (QED) is 0.781. The molecule has 1 aromatic carbocycles. The molecule has 1 atom stereocenters. The Morgan fingerprint density at radius 3 is 2.32 bits per heavy atom. The molecule has 0 radical (unpaired) electrons. The van der Waals surface area contributed by atoms with Crippen molar-refractivity contribution in [2.24, 2.45) is 11.8 Å². The number of piperidine rings is 1. The number of carbonyl (C=O) groups excluding carboxylic acids is 2. The second-order valence-corrected chi connectivity index (χ2v) is 8.40. The van der Waals surface area contributed by atoms with E-state index >= 15 is 0 Å². The molecule has 0 aliphatic carbocycles. The SMILES string of the molecule is CCN(CC)C(=O)C1CCN(C(=O)N2c3ccccc3CC[C@H]2C(C)C)CC1. The standard InChI is InChI=1S/C23H35N3O2/c1-5-24(6-2)22(27)19-13-15-25(16-14-19)23(28)26-20(17(3)4)12-11-18-9-7-8-10-21(18)26/h7-10,17,19-20H,5-6,11-16H2,1-4H3/t20-/m0/s1. The van der Waals surface area contributed by atoms with Gasteiger partial charge in [0.05, 0.1) is 0 Å². The van der Waals surface area contributed by atoms with Crippen molar-refractivity contribution in [1.82, 2.24) is 9.80 Å². The molecule has 0 N–H and O–H groups in total. The van der Waals surface area contributed by atoms with Crippen LogP contribution in [0.5, 0.6) is 0 Å². The number of fused-ring (bicyclic) bond motifs is 1. The van der Waals surface area contributed by atoms with Crippen LogP contribution >= 0.6 is 0 Å². The molecule has 1 fully saturated rings. The van der Waals surface area contributed by atoms with Crippen LogP contribution in [-0.2, 0) is 11.2 Å². The van der Waals surface area contributed by atoms with Crippen LogP contribution in [0.15, 0.2) is 24.3 Å². The van der Waals surface area contributed by atoms with Crippen molar-refractivity contribution in [3.05, 3.63) is 29.8 Å². The molecule has 5 nitrogen and oxygen atoms in total. The molecular formula is C23H35N3O2. The third kappa shape index (κ3) is 4.03. The minimum atomic E-state index is 0.0542. The number of hydrogen-bond acceptors (Lipinski definition) is 2. The van der Waals surface area contributed by atoms with Gasteiger partial charge in [-0.25, -0.2) is 4.79 Å². The molecular weight excluding hydrogens is 350 g/mol. The molecule has 0 unspecified atom stereocenters. The number of carbonyl (C=O) groups is 2. The first-order valence-electron chi connectivity index (χ1n) is 10.9. The van der Waals surface area contributed by atoms with Crippen LogP contribution < -0.4 is 4.90 Å². The Morgan fingerprint density at radius 1 is 1.07 bits per heavy atom. The smallest absolute Gasteiger partial charge is 0.324 e. The summed E-state index contributed by atoms with van der Waals surface area (Å²) in [6, 6.07) is 8.65. The van der Waals surface area contributed by atoms with Gasteiger partial charge in [-0.05, 0) is 57.1 Å². The Kier molecular flexibility index (Phi) is 6.63. The zero-order valence-corrected chi connectivity index (χ0v) is 17.9. The second-order valence-electron chi connectivity index (χ2n) is 8.40. The third-order valence-electron chi connectivity index (χ3n) is 6.46. The monoisotopic (exact) mass is 385 g/mol. The maximum atomic E-state index is 13.5. The number of rotatable bonds is 4. The van der Waals surface area contributed by atoms with E-state index in [0.717, 1.165) is 44.5 Å². The van der Waals surface area contributed by atoms with E-state index in [9.17, 15) is 9.59 Å². The van der Waals surface area contributed by atoms with Crippen molar-refractivity contribution in [1.29, 1.82) is 0 Å². The predicted molar refractivity (Wildman–Crippen MR) is 113 cm³/mol. The lowest BCUT2D eigenvalue weighted by molar-refractivity contribution is -0.136. The summed E-state index contributed by atoms with van der Waals surface area (Å²) in [5, 5.41) is 0. The van der Waals surface area contributed by atoms with E-state index in [1.165, 1.54) is 5.56 Å². The van der Waals surface area contributed by atoms with E-state index in [0.29, 0.717) is 19.0 Å². The molecule has 0 spiro atoms. The molecule has 0 saturated carbocycles. The molecule has 2 aliphatic rings. The Hall–Kier alpha value is -2.04. The average Bonchev–Trinajstić information content (AvgIpc) is 2.73. The number of aryl methyl sites for hydroxylation is 1. The summed E-state index contributed by atoms with van der Waals surface area (Å²) in [4.78, 5) is 32.1. The highest BCUT2D eigenvalue weighted by Crippen LogP contribution is 2.35. The van der Waals surface area contributed by atoms with Crippen LogP contribution in [-0.4, -0.2) is 54.0 Å². The van der Waals surface area contributed by atoms with Crippen molar-refractivity contribution < 1.29 is 9.59 Å². The van der Waals surface area contributed by atoms with Crippen LogP contribution in [0.25, 0.3) is 0 Å². The van der Waals surface area contributed by atoms with Gasteiger partial charge in [0.25, 0.3) is 0 Å². The Morgan fingerprint density at radius 2 is 1.71 bits per heavy atom. The first-order valence-corrected chi connectivity index (χ1v) is 10.9. The van der Waals surface area contributed by atoms with E-state index in [1.54, 1.807) is 0 Å². The minimum absolute atomic E-state index is 0.0542. The molecule has 0 bridgehead atoms. The fourth-order valence-corrected chi connectivity index (χ4v) is 4.71. The number of hydrogen-bond donors (Lipinski definition) is 0. The van der Waals surface area contributed by atoms with Gasteiger partial charge in [0.15, 0.2) is 0 Å². The lowest BCUT2D eigenvalue weighted by Crippen LogP contribution is -2.54. The van der Waals surface area contributed by atoms with Crippen LogP contribution in [0.3, 0.4) is 0 Å². The van der Waals surface area contributed by atoms with Gasteiger partial charge in [-0.1, -0.05) is 32.0 Å². The molecule has 2 heterocycles. The molecule has 3 rings (SSSR count). The molecule has 5 heteroatoms. The van der Waals surface area contributed by atoms with Gasteiger partial charge < -0.3 is 9.80 Å². The van der Waals surface area contributed by atoms with Gasteiger partial charge in [0.2, 0.25) is 5.91 Å². The molecule has 28 heavy (non-hydrogen) atoms. The lowest BCUT2D eigenvalue weighted by atomic mass is 9.89. The van der Waals surface area contributed by atoms with Crippen LogP contribution in [0.1, 0.15) is 52.5 Å². The van der Waals surface area contributed by atoms with Crippen molar-refractivity contribution in [2.45, 2.75) is 59.4 Å². The van der Waals surface area contributed by atoms with Crippen molar-refractivity contribution in [2.75, 3.05) is 31.1 Å². The Labute approximate surface area is 169 Å². The summed E-state index contributed by atoms with van der Waals surface area (Å²) in [5.41, 5.74) is 2.33. The Balaban J connectivity index is 1.72. The fraction of sp³-hybridized carbons (Fsp3) is 0.652. The maximum absolute atomic E-state index is 13.5. The average molecular weight is 386 g/mol. The molecule has 1 aromatic rings. The topological polar surface area (TPSA) is 43.9 Å². The van der Waals surface area contributed by atoms with E-state index in [4.69, 9.17) is 0 Å². The van der Waals surface area contributed by atoms with Crippen LogP contribution in [0.4, 0.5) is 10.5 Å². The van der Waals surface area contributed by atoms with Gasteiger partial charge >= 0.3 is 6.03 Å². The fourth-order valence-electron chi connectivity index (χ4n) is 4.71. The number of benzene rings is 1. The van der Waals surface area contributed by atoms with E-state index < -0.39 is 0 Å². The molecule has 3 amide bonds. The maximum Gasteiger partial charge on any atom is 0.324 e. The zero-order chi connectivity index (χ0) is 20.3. The van der Waals surface area contributed by atoms with Gasteiger partial charge in [0.1, 0.15) is 0 Å². The van der Waals surface area contributed by atoms with Crippen LogP contribution in [0.2, 0.25) is 0 Å². The van der Waals surface area contributed by atoms with Gasteiger partial charge in [0, 0.05) is 43.8 Å². The number of amides is 3. The zero-order valence-electron chi connectivity index (χ0n) is 17.9. The number of para-hydroxylation sites is 1. The predicted octanol–water partition coefficient (Wildman–Crippen LogP) is 4.16. The highest BCUT2D eigenvalue weighted by atomic mass is 16.2. The number of nitrogens with zero attached hydrogens (tertiary/aromatic N) is 3. The highest BCUT2D eigenvalue weighted by molar-refractivity contribution is 5.94. The first-order chi connectivity index (χ1) is 13.5. The van der Waals surface area contributed by atoms with E-state index in [2.05, 4.69) is 32.0 Å². The molecule has 0 aromatic heterocycles. The van der Waals surface area contributed by atoms with Crippen molar-refractivity contribution in [3.63, 3.8) is 0 Å².